The van der Waals surface area contributed by atoms with Gasteiger partial charge in [0.15, 0.2) is 5.82 Å². The molecule has 4 fully saturated rings. The number of rotatable bonds is 4. The second kappa shape index (κ2) is 5.34. The van der Waals surface area contributed by atoms with Crippen molar-refractivity contribution >= 4 is 5.91 Å². The molecule has 1 saturated heterocycles. The number of hydrogen-bond acceptors (Lipinski definition) is 7. The van der Waals surface area contributed by atoms with Gasteiger partial charge in [0, 0.05) is 19.0 Å². The van der Waals surface area contributed by atoms with E-state index >= 15 is 0 Å². The number of amides is 1. The summed E-state index contributed by atoms with van der Waals surface area (Å²) in [6, 6.07) is 0. The molecule has 0 spiro atoms. The zero-order valence-corrected chi connectivity index (χ0v) is 14.6. The Morgan fingerprint density at radius 2 is 1.96 bits per heavy atom. The molecule has 0 aromatic carbocycles. The van der Waals surface area contributed by atoms with Gasteiger partial charge in [0.2, 0.25) is 11.8 Å². The molecule has 6 rings (SSSR count). The molecule has 0 N–H and O–H groups in total. The highest BCUT2D eigenvalue weighted by Gasteiger charge is 2.72. The maximum Gasteiger partial charge on any atom is 0.233 e. The monoisotopic (exact) mass is 361 g/mol. The molecule has 2 aromatic rings. The molecule has 0 unspecified atom stereocenters. The molecule has 3 saturated carbocycles. The van der Waals surface area contributed by atoms with Crippen molar-refractivity contribution in [1.29, 1.82) is 0 Å². The van der Waals surface area contributed by atoms with E-state index in [1.165, 1.54) is 0 Å². The average molecular weight is 361 g/mol. The largest absolute Gasteiger partial charge is 0.342 e. The summed E-state index contributed by atoms with van der Waals surface area (Å²) >= 11 is 0. The highest BCUT2D eigenvalue weighted by molar-refractivity contribution is 5.78. The summed E-state index contributed by atoms with van der Waals surface area (Å²) in [7, 11) is 0. The molecule has 0 atom stereocenters. The van der Waals surface area contributed by atoms with Gasteiger partial charge in [0.25, 0.3) is 0 Å². The molecule has 1 aliphatic heterocycles. The molecule has 9 heteroatoms. The van der Waals surface area contributed by atoms with Gasteiger partial charge in [-0.05, 0) is 39.0 Å². The Bertz CT molecular complexity index is 834. The average Bonchev–Trinajstić information content (AvgIpc) is 3.21. The van der Waals surface area contributed by atoms with Crippen molar-refractivity contribution in [3.05, 3.63) is 23.1 Å². The predicted octanol–water partition coefficient (Wildman–Crippen LogP) is 1.85. The first kappa shape index (κ1) is 15.9. The van der Waals surface area contributed by atoms with Gasteiger partial charge in [-0.15, -0.1) is 0 Å². The highest BCUT2D eigenvalue weighted by atomic mass is 19.1. The second-order valence-corrected chi connectivity index (χ2v) is 8.05. The smallest absolute Gasteiger partial charge is 0.233 e. The van der Waals surface area contributed by atoms with E-state index in [2.05, 4.69) is 25.1 Å². The Labute approximate surface area is 149 Å². The fraction of sp³-hybridized carbons (Fsp3) is 0.706. The number of alkyl halides is 1. The summed E-state index contributed by atoms with van der Waals surface area (Å²) in [6.45, 7) is 3.07. The molecule has 1 amide bonds. The van der Waals surface area contributed by atoms with Crippen LogP contribution in [0, 0.1) is 6.92 Å². The molecular formula is C17H20FN5O3. The molecule has 2 bridgehead atoms. The first-order valence-electron chi connectivity index (χ1n) is 9.05. The summed E-state index contributed by atoms with van der Waals surface area (Å²) in [5, 5.41) is 11.6. The Balaban J connectivity index is 1.18. The summed E-state index contributed by atoms with van der Waals surface area (Å²) in [5.74, 6) is 1.50. The van der Waals surface area contributed by atoms with Gasteiger partial charge in [-0.3, -0.25) is 4.79 Å². The quantitative estimate of drug-likeness (QED) is 0.819. The van der Waals surface area contributed by atoms with Gasteiger partial charge < -0.3 is 9.42 Å². The van der Waals surface area contributed by atoms with Crippen LogP contribution in [-0.2, 0) is 16.6 Å². The first-order chi connectivity index (χ1) is 12.5. The van der Waals surface area contributed by atoms with E-state index < -0.39 is 5.67 Å². The molecule has 0 radical (unpaired) electrons. The van der Waals surface area contributed by atoms with Crippen LogP contribution >= 0.6 is 0 Å². The SMILES string of the molecule is Cc1nonc1CC(=O)N1CCC(c2noc(C34CC(F)(C3)C4)n2)CC1. The molecule has 4 aliphatic rings. The zero-order valence-electron chi connectivity index (χ0n) is 14.6. The maximum absolute atomic E-state index is 13.7. The summed E-state index contributed by atoms with van der Waals surface area (Å²) < 4.78 is 23.8. The van der Waals surface area contributed by atoms with E-state index in [0.717, 1.165) is 12.8 Å². The number of carbonyl (C=O) groups excluding carboxylic acids is 1. The molecule has 26 heavy (non-hydrogen) atoms. The Kier molecular flexibility index (Phi) is 3.27. The lowest BCUT2D eigenvalue weighted by molar-refractivity contribution is -0.170. The van der Waals surface area contributed by atoms with Gasteiger partial charge in [-0.1, -0.05) is 15.5 Å². The number of aryl methyl sites for hydroxylation is 1. The van der Waals surface area contributed by atoms with Crippen molar-refractivity contribution in [3.8, 4) is 0 Å². The standard InChI is InChI=1S/C17H20FN5O3/c1-10-12(21-26-20-10)6-13(24)23-4-2-11(3-5-23)14-19-15(25-22-14)16-7-17(18,8-16)9-16/h11H,2-9H2,1H3. The van der Waals surface area contributed by atoms with Crippen LogP contribution < -0.4 is 0 Å². The summed E-state index contributed by atoms with van der Waals surface area (Å²) in [5.41, 5.74) is 0.0680. The van der Waals surface area contributed by atoms with Crippen LogP contribution in [0.2, 0.25) is 0 Å². The summed E-state index contributed by atoms with van der Waals surface area (Å²) in [4.78, 5) is 18.8. The Hall–Kier alpha value is -2.32. The minimum absolute atomic E-state index is 0.0261. The van der Waals surface area contributed by atoms with Crippen LogP contribution in [0.5, 0.6) is 0 Å². The number of aromatic nitrogens is 4. The predicted molar refractivity (Wildman–Crippen MR) is 85.0 cm³/mol. The van der Waals surface area contributed by atoms with E-state index in [-0.39, 0.29) is 23.7 Å². The van der Waals surface area contributed by atoms with Crippen molar-refractivity contribution in [2.75, 3.05) is 13.1 Å². The van der Waals surface area contributed by atoms with E-state index in [0.29, 0.717) is 55.5 Å². The van der Waals surface area contributed by atoms with Gasteiger partial charge >= 0.3 is 0 Å². The van der Waals surface area contributed by atoms with Crippen molar-refractivity contribution in [3.63, 3.8) is 0 Å². The zero-order chi connectivity index (χ0) is 17.9. The number of carbonyl (C=O) groups is 1. The van der Waals surface area contributed by atoms with Crippen LogP contribution in [-0.4, -0.2) is 50.0 Å². The number of likely N-dealkylation sites (tertiary alicyclic amines) is 1. The van der Waals surface area contributed by atoms with E-state index in [1.54, 1.807) is 6.92 Å². The third-order valence-electron chi connectivity index (χ3n) is 6.14. The number of nitrogens with zero attached hydrogens (tertiary/aromatic N) is 5. The van der Waals surface area contributed by atoms with Crippen LogP contribution in [0.25, 0.3) is 0 Å². The third kappa shape index (κ3) is 2.36. The molecule has 138 valence electrons. The molecule has 3 aliphatic carbocycles. The van der Waals surface area contributed by atoms with Gasteiger partial charge in [0.1, 0.15) is 17.1 Å². The highest BCUT2D eigenvalue weighted by Crippen LogP contribution is 2.69. The van der Waals surface area contributed by atoms with Crippen molar-refractivity contribution in [2.24, 2.45) is 0 Å². The number of hydrogen-bond donors (Lipinski definition) is 0. The molecule has 3 heterocycles. The van der Waals surface area contributed by atoms with Crippen molar-refractivity contribution < 1.29 is 18.3 Å². The number of halogens is 1. The minimum Gasteiger partial charge on any atom is -0.342 e. The number of piperidine rings is 1. The second-order valence-electron chi connectivity index (χ2n) is 8.05. The molecule has 8 nitrogen and oxygen atoms in total. The van der Waals surface area contributed by atoms with Gasteiger partial charge in [-0.25, -0.2) is 9.02 Å². The van der Waals surface area contributed by atoms with E-state index in [4.69, 9.17) is 4.52 Å². The van der Waals surface area contributed by atoms with Crippen LogP contribution in [0.4, 0.5) is 4.39 Å². The van der Waals surface area contributed by atoms with Crippen LogP contribution in [0.1, 0.15) is 61.1 Å². The van der Waals surface area contributed by atoms with E-state index in [1.807, 2.05) is 4.90 Å². The Morgan fingerprint density at radius 1 is 1.23 bits per heavy atom. The normalized spacial score (nSPS) is 30.8. The molecular weight excluding hydrogens is 341 g/mol. The first-order valence-corrected chi connectivity index (χ1v) is 9.05. The van der Waals surface area contributed by atoms with Crippen molar-refractivity contribution in [1.82, 2.24) is 25.4 Å². The lowest BCUT2D eigenvalue weighted by Crippen LogP contribution is -2.67. The van der Waals surface area contributed by atoms with E-state index in [9.17, 15) is 9.18 Å². The molecule has 2 aromatic heterocycles. The third-order valence-corrected chi connectivity index (χ3v) is 6.14. The minimum atomic E-state index is -0.974. The fourth-order valence-electron chi connectivity index (χ4n) is 4.56. The Morgan fingerprint density at radius 3 is 2.58 bits per heavy atom. The van der Waals surface area contributed by atoms with Gasteiger partial charge in [-0.2, -0.15) is 4.98 Å². The van der Waals surface area contributed by atoms with Crippen molar-refractivity contribution in [2.45, 2.75) is 62.5 Å². The fourth-order valence-corrected chi connectivity index (χ4v) is 4.56. The lowest BCUT2D eigenvalue weighted by Gasteiger charge is -2.63. The van der Waals surface area contributed by atoms with Gasteiger partial charge in [0.05, 0.1) is 11.8 Å². The topological polar surface area (TPSA) is 98.2 Å². The lowest BCUT2D eigenvalue weighted by atomic mass is 9.42. The van der Waals surface area contributed by atoms with Crippen LogP contribution in [0.3, 0.4) is 0 Å². The maximum atomic E-state index is 13.7. The van der Waals surface area contributed by atoms with Crippen LogP contribution in [0.15, 0.2) is 9.15 Å². The summed E-state index contributed by atoms with van der Waals surface area (Å²) in [6.07, 6.45) is 3.35.